The maximum atomic E-state index is 11.8. The van der Waals surface area contributed by atoms with E-state index in [0.717, 1.165) is 50.1 Å². The maximum Gasteiger partial charge on any atom is 0.311 e. The molecule has 0 N–H and O–H groups in total. The Morgan fingerprint density at radius 2 is 1.32 bits per heavy atom. The fraction of sp³-hybridized carbons (Fsp3) is 0.265. The number of carbonyl (C=O) groups excluding carboxylic acids is 1. The number of hydrogen-bond acceptors (Lipinski definition) is 4. The molecule has 4 aromatic rings. The van der Waals surface area contributed by atoms with Gasteiger partial charge in [0, 0.05) is 35.0 Å². The van der Waals surface area contributed by atoms with Gasteiger partial charge in [-0.2, -0.15) is 0 Å². The maximum absolute atomic E-state index is 11.8. The molecule has 0 unspecified atom stereocenters. The lowest BCUT2D eigenvalue weighted by molar-refractivity contribution is -0.134. The number of hydrogen-bond donors (Lipinski definition) is 0. The van der Waals surface area contributed by atoms with Gasteiger partial charge in [-0.15, -0.1) is 0 Å². The van der Waals surface area contributed by atoms with Crippen molar-refractivity contribution in [1.29, 1.82) is 0 Å². The Bertz CT molecular complexity index is 1200. The van der Waals surface area contributed by atoms with Crippen LogP contribution in [-0.2, 0) is 17.6 Å². The van der Waals surface area contributed by atoms with E-state index in [9.17, 15) is 4.79 Å². The Hall–Kier alpha value is -3.50. The summed E-state index contributed by atoms with van der Waals surface area (Å²) >= 11 is 1.73. The molecule has 0 atom stereocenters. The van der Waals surface area contributed by atoms with Gasteiger partial charge in [0.25, 0.3) is 0 Å². The molecule has 196 valence electrons. The molecule has 0 saturated carbocycles. The van der Waals surface area contributed by atoms with E-state index in [1.807, 2.05) is 31.2 Å². The lowest BCUT2D eigenvalue weighted by Gasteiger charge is -2.25. The molecule has 38 heavy (non-hydrogen) atoms. The van der Waals surface area contributed by atoms with Crippen LogP contribution in [0.4, 0.5) is 5.69 Å². The number of aryl methyl sites for hydroxylation is 2. The fourth-order valence-electron chi connectivity index (χ4n) is 4.45. The van der Waals surface area contributed by atoms with Crippen LogP contribution >= 0.6 is 11.8 Å². The molecule has 0 fully saturated rings. The van der Waals surface area contributed by atoms with E-state index in [2.05, 4.69) is 89.8 Å². The summed E-state index contributed by atoms with van der Waals surface area (Å²) in [5, 5.41) is 0. The number of anilines is 1. The molecule has 0 bridgehead atoms. The van der Waals surface area contributed by atoms with Crippen LogP contribution < -0.4 is 9.64 Å². The zero-order valence-corrected chi connectivity index (χ0v) is 23.0. The molecule has 4 aromatic carbocycles. The van der Waals surface area contributed by atoms with Gasteiger partial charge in [0.15, 0.2) is 0 Å². The summed E-state index contributed by atoms with van der Waals surface area (Å²) in [5.41, 5.74) is 4.05. The van der Waals surface area contributed by atoms with Crippen molar-refractivity contribution in [2.75, 3.05) is 18.0 Å². The zero-order chi connectivity index (χ0) is 26.4. The quantitative estimate of drug-likeness (QED) is 0.122. The highest BCUT2D eigenvalue weighted by atomic mass is 32.2. The van der Waals surface area contributed by atoms with Gasteiger partial charge in [-0.3, -0.25) is 4.79 Å². The van der Waals surface area contributed by atoms with Crippen LogP contribution in [0, 0.1) is 0 Å². The summed E-state index contributed by atoms with van der Waals surface area (Å²) in [7, 11) is 0. The second-order valence-electron chi connectivity index (χ2n) is 9.46. The van der Waals surface area contributed by atoms with E-state index in [1.54, 1.807) is 11.8 Å². The van der Waals surface area contributed by atoms with Crippen molar-refractivity contribution in [1.82, 2.24) is 0 Å². The minimum absolute atomic E-state index is 0.180. The first-order valence-electron chi connectivity index (χ1n) is 13.6. The molecule has 0 saturated heterocycles. The van der Waals surface area contributed by atoms with Crippen molar-refractivity contribution in [2.45, 2.75) is 55.2 Å². The van der Waals surface area contributed by atoms with E-state index in [1.165, 1.54) is 21.7 Å². The summed E-state index contributed by atoms with van der Waals surface area (Å²) in [6, 6.07) is 38.1. The Balaban J connectivity index is 1.40. The topological polar surface area (TPSA) is 29.5 Å². The SMILES string of the molecule is CCCC(=O)Oc1ccc(Sc2cccc(N(CCCc3ccccc3)CCCc3ccccc3)c2)cc1. The smallest absolute Gasteiger partial charge is 0.311 e. The van der Waals surface area contributed by atoms with Gasteiger partial charge >= 0.3 is 5.97 Å². The Morgan fingerprint density at radius 1 is 0.711 bits per heavy atom. The lowest BCUT2D eigenvalue weighted by Crippen LogP contribution is -2.26. The van der Waals surface area contributed by atoms with Crippen molar-refractivity contribution < 1.29 is 9.53 Å². The predicted octanol–water partition coefficient (Wildman–Crippen LogP) is 8.62. The second-order valence-corrected chi connectivity index (χ2v) is 10.6. The van der Waals surface area contributed by atoms with Crippen LogP contribution in [-0.4, -0.2) is 19.1 Å². The highest BCUT2D eigenvalue weighted by Crippen LogP contribution is 2.32. The molecule has 0 aromatic heterocycles. The van der Waals surface area contributed by atoms with Crippen molar-refractivity contribution in [3.05, 3.63) is 120 Å². The summed E-state index contributed by atoms with van der Waals surface area (Å²) in [6.07, 6.45) is 5.63. The second kappa shape index (κ2) is 15.0. The molecule has 0 radical (unpaired) electrons. The number of nitrogens with zero attached hydrogens (tertiary/aromatic N) is 1. The van der Waals surface area contributed by atoms with E-state index >= 15 is 0 Å². The number of esters is 1. The highest BCUT2D eigenvalue weighted by Gasteiger charge is 2.09. The summed E-state index contributed by atoms with van der Waals surface area (Å²) in [6.45, 7) is 4.02. The molecule has 0 aliphatic carbocycles. The first-order chi connectivity index (χ1) is 18.7. The third-order valence-corrected chi connectivity index (χ3v) is 7.40. The van der Waals surface area contributed by atoms with Crippen LogP contribution in [0.15, 0.2) is 119 Å². The molecule has 0 aliphatic rings. The van der Waals surface area contributed by atoms with Crippen molar-refractivity contribution in [3.63, 3.8) is 0 Å². The van der Waals surface area contributed by atoms with Crippen molar-refractivity contribution in [3.8, 4) is 5.75 Å². The predicted molar refractivity (Wildman–Crippen MR) is 159 cm³/mol. The molecule has 4 heteroatoms. The highest BCUT2D eigenvalue weighted by molar-refractivity contribution is 7.99. The van der Waals surface area contributed by atoms with Crippen LogP contribution in [0.3, 0.4) is 0 Å². The van der Waals surface area contributed by atoms with Gasteiger partial charge in [0.2, 0.25) is 0 Å². The Labute approximate surface area is 231 Å². The lowest BCUT2D eigenvalue weighted by atomic mass is 10.1. The van der Waals surface area contributed by atoms with E-state index < -0.39 is 0 Å². The van der Waals surface area contributed by atoms with Crippen molar-refractivity contribution in [2.24, 2.45) is 0 Å². The first-order valence-corrected chi connectivity index (χ1v) is 14.4. The standard InChI is InChI=1S/C34H37NO2S/c1-2-12-34(36)37-31-21-23-32(24-22-31)38-33-20-9-19-30(27-33)35(25-10-17-28-13-5-3-6-14-28)26-11-18-29-15-7-4-8-16-29/h3-9,13-16,19-24,27H,2,10-12,17-18,25-26H2,1H3. The molecular formula is C34H37NO2S. The van der Waals surface area contributed by atoms with Gasteiger partial charge in [0.05, 0.1) is 0 Å². The van der Waals surface area contributed by atoms with Gasteiger partial charge in [-0.25, -0.2) is 0 Å². The summed E-state index contributed by atoms with van der Waals surface area (Å²) in [5.74, 6) is 0.421. The van der Waals surface area contributed by atoms with Gasteiger partial charge in [-0.05, 0) is 85.7 Å². The fourth-order valence-corrected chi connectivity index (χ4v) is 5.32. The van der Waals surface area contributed by atoms with Crippen LogP contribution in [0.5, 0.6) is 5.75 Å². The van der Waals surface area contributed by atoms with E-state index in [-0.39, 0.29) is 5.97 Å². The molecule has 0 spiro atoms. The number of rotatable bonds is 14. The van der Waals surface area contributed by atoms with Crippen molar-refractivity contribution >= 4 is 23.4 Å². The summed E-state index contributed by atoms with van der Waals surface area (Å²) < 4.78 is 5.39. The van der Waals surface area contributed by atoms with E-state index in [0.29, 0.717) is 12.2 Å². The van der Waals surface area contributed by atoms with Gasteiger partial charge in [-0.1, -0.05) is 85.4 Å². The minimum atomic E-state index is -0.180. The molecule has 3 nitrogen and oxygen atoms in total. The largest absolute Gasteiger partial charge is 0.427 e. The van der Waals surface area contributed by atoms with Crippen LogP contribution in [0.2, 0.25) is 0 Å². The molecular weight excluding hydrogens is 486 g/mol. The Morgan fingerprint density at radius 3 is 1.89 bits per heavy atom. The summed E-state index contributed by atoms with van der Waals surface area (Å²) in [4.78, 5) is 16.6. The average Bonchev–Trinajstić information content (AvgIpc) is 2.95. The number of carbonyl (C=O) groups is 1. The molecule has 0 aliphatic heterocycles. The molecule has 4 rings (SSSR count). The minimum Gasteiger partial charge on any atom is -0.427 e. The van der Waals surface area contributed by atoms with Gasteiger partial charge < -0.3 is 9.64 Å². The average molecular weight is 524 g/mol. The van der Waals surface area contributed by atoms with Gasteiger partial charge in [0.1, 0.15) is 5.75 Å². The number of ether oxygens (including phenoxy) is 1. The Kier molecular flexibility index (Phi) is 10.9. The normalized spacial score (nSPS) is 10.8. The molecule has 0 heterocycles. The van der Waals surface area contributed by atoms with E-state index in [4.69, 9.17) is 4.74 Å². The third-order valence-electron chi connectivity index (χ3n) is 6.40. The zero-order valence-electron chi connectivity index (χ0n) is 22.2. The third kappa shape index (κ3) is 9.11. The van der Waals surface area contributed by atoms with Crippen LogP contribution in [0.1, 0.15) is 43.7 Å². The first kappa shape index (κ1) is 27.5. The number of benzene rings is 4. The monoisotopic (exact) mass is 523 g/mol. The van der Waals surface area contributed by atoms with Crippen LogP contribution in [0.25, 0.3) is 0 Å². The molecule has 0 amide bonds.